The maximum absolute atomic E-state index is 12.5. The van der Waals surface area contributed by atoms with Gasteiger partial charge in [0.05, 0.1) is 0 Å². The normalized spacial score (nSPS) is 16.9. The van der Waals surface area contributed by atoms with Crippen molar-refractivity contribution in [2.75, 3.05) is 26.2 Å². The summed E-state index contributed by atoms with van der Waals surface area (Å²) in [6.07, 6.45) is -0.0870. The molecule has 1 heterocycles. The van der Waals surface area contributed by atoms with Crippen molar-refractivity contribution >= 4 is 5.91 Å². The standard InChI is InChI=1S/C18H21N3O/c22-18(16-9-5-2-6-10-16)20-17(15-7-3-1-4-8-15)21-13-11-19-12-14-21/h1-10,17,19H,11-14H2,(H,20,22). The quantitative estimate of drug-likeness (QED) is 0.907. The minimum atomic E-state index is -0.0870. The van der Waals surface area contributed by atoms with Crippen LogP contribution in [0.4, 0.5) is 0 Å². The summed E-state index contributed by atoms with van der Waals surface area (Å²) in [7, 11) is 0. The molecule has 3 rings (SSSR count). The summed E-state index contributed by atoms with van der Waals surface area (Å²) in [5.74, 6) is -0.0343. The van der Waals surface area contributed by atoms with Crippen LogP contribution < -0.4 is 10.6 Å². The topological polar surface area (TPSA) is 44.4 Å². The second kappa shape index (κ2) is 7.20. The molecule has 1 amide bonds. The van der Waals surface area contributed by atoms with Gasteiger partial charge in [-0.1, -0.05) is 48.5 Å². The van der Waals surface area contributed by atoms with Gasteiger partial charge in [0.2, 0.25) is 0 Å². The molecule has 4 nitrogen and oxygen atoms in total. The van der Waals surface area contributed by atoms with Crippen molar-refractivity contribution in [2.45, 2.75) is 6.17 Å². The first-order valence-corrected chi connectivity index (χ1v) is 7.70. The Hall–Kier alpha value is -2.17. The van der Waals surface area contributed by atoms with Crippen LogP contribution >= 0.6 is 0 Å². The van der Waals surface area contributed by atoms with Crippen LogP contribution in [0.5, 0.6) is 0 Å². The van der Waals surface area contributed by atoms with Crippen LogP contribution in [-0.4, -0.2) is 37.0 Å². The summed E-state index contributed by atoms with van der Waals surface area (Å²) in [6, 6.07) is 19.5. The number of carbonyl (C=O) groups is 1. The van der Waals surface area contributed by atoms with Gasteiger partial charge in [0.25, 0.3) is 5.91 Å². The number of amides is 1. The first kappa shape index (κ1) is 14.8. The SMILES string of the molecule is O=C(NC(c1ccccc1)N1CCNCC1)c1ccccc1. The zero-order valence-electron chi connectivity index (χ0n) is 12.5. The molecule has 4 heteroatoms. The molecule has 1 aliphatic rings. The molecule has 0 aliphatic carbocycles. The number of nitrogens with one attached hydrogen (secondary N) is 2. The Morgan fingerprint density at radius 2 is 1.55 bits per heavy atom. The lowest BCUT2D eigenvalue weighted by Gasteiger charge is -2.35. The Morgan fingerprint density at radius 3 is 2.18 bits per heavy atom. The van der Waals surface area contributed by atoms with Crippen molar-refractivity contribution in [3.63, 3.8) is 0 Å². The van der Waals surface area contributed by atoms with E-state index < -0.39 is 0 Å². The van der Waals surface area contributed by atoms with E-state index in [0.717, 1.165) is 31.7 Å². The zero-order chi connectivity index (χ0) is 15.2. The van der Waals surface area contributed by atoms with Crippen LogP contribution in [0.25, 0.3) is 0 Å². The molecule has 2 aromatic rings. The van der Waals surface area contributed by atoms with E-state index in [-0.39, 0.29) is 12.1 Å². The maximum atomic E-state index is 12.5. The Bertz CT molecular complexity index is 594. The molecule has 114 valence electrons. The van der Waals surface area contributed by atoms with Crippen molar-refractivity contribution in [3.05, 3.63) is 71.8 Å². The van der Waals surface area contributed by atoms with Crippen molar-refractivity contribution in [1.29, 1.82) is 0 Å². The van der Waals surface area contributed by atoms with Crippen LogP contribution in [0.15, 0.2) is 60.7 Å². The lowest BCUT2D eigenvalue weighted by Crippen LogP contribution is -2.50. The molecule has 0 bridgehead atoms. The molecule has 22 heavy (non-hydrogen) atoms. The average Bonchev–Trinajstić information content (AvgIpc) is 2.62. The lowest BCUT2D eigenvalue weighted by atomic mass is 10.1. The number of piperazine rings is 1. The number of benzene rings is 2. The van der Waals surface area contributed by atoms with Crippen molar-refractivity contribution in [1.82, 2.24) is 15.5 Å². The fourth-order valence-electron chi connectivity index (χ4n) is 2.76. The van der Waals surface area contributed by atoms with Gasteiger partial charge in [-0.25, -0.2) is 0 Å². The van der Waals surface area contributed by atoms with E-state index in [2.05, 4.69) is 27.7 Å². The van der Waals surface area contributed by atoms with Crippen LogP contribution in [0.1, 0.15) is 22.1 Å². The molecule has 0 saturated carbocycles. The Balaban J connectivity index is 1.81. The van der Waals surface area contributed by atoms with Crippen molar-refractivity contribution in [2.24, 2.45) is 0 Å². The van der Waals surface area contributed by atoms with E-state index in [1.165, 1.54) is 0 Å². The van der Waals surface area contributed by atoms with E-state index in [4.69, 9.17) is 0 Å². The Morgan fingerprint density at radius 1 is 0.955 bits per heavy atom. The van der Waals surface area contributed by atoms with Crippen LogP contribution in [0.2, 0.25) is 0 Å². The summed E-state index contributed by atoms with van der Waals surface area (Å²) in [6.45, 7) is 3.75. The second-order valence-electron chi connectivity index (χ2n) is 5.44. The summed E-state index contributed by atoms with van der Waals surface area (Å²) in [5, 5.41) is 6.53. The van der Waals surface area contributed by atoms with Crippen molar-refractivity contribution in [3.8, 4) is 0 Å². The molecule has 0 aromatic heterocycles. The van der Waals surface area contributed by atoms with Gasteiger partial charge in [0, 0.05) is 31.7 Å². The monoisotopic (exact) mass is 295 g/mol. The van der Waals surface area contributed by atoms with Gasteiger partial charge in [-0.2, -0.15) is 0 Å². The molecule has 1 saturated heterocycles. The second-order valence-corrected chi connectivity index (χ2v) is 5.44. The smallest absolute Gasteiger partial charge is 0.252 e. The molecule has 1 unspecified atom stereocenters. The fraction of sp³-hybridized carbons (Fsp3) is 0.278. The number of carbonyl (C=O) groups excluding carboxylic acids is 1. The molecule has 2 aromatic carbocycles. The van der Waals surface area contributed by atoms with Crippen LogP contribution in [-0.2, 0) is 0 Å². The van der Waals surface area contributed by atoms with Gasteiger partial charge in [-0.3, -0.25) is 9.69 Å². The van der Waals surface area contributed by atoms with E-state index in [0.29, 0.717) is 5.56 Å². The number of rotatable bonds is 4. The predicted molar refractivity (Wildman–Crippen MR) is 87.5 cm³/mol. The Labute approximate surface area is 131 Å². The molecule has 0 spiro atoms. The minimum Gasteiger partial charge on any atom is -0.332 e. The maximum Gasteiger partial charge on any atom is 0.252 e. The zero-order valence-corrected chi connectivity index (χ0v) is 12.5. The molecule has 1 fully saturated rings. The van der Waals surface area contributed by atoms with Gasteiger partial charge in [-0.05, 0) is 17.7 Å². The fourth-order valence-corrected chi connectivity index (χ4v) is 2.76. The highest BCUT2D eigenvalue weighted by Gasteiger charge is 2.23. The molecule has 1 aliphatic heterocycles. The summed E-state index contributed by atoms with van der Waals surface area (Å²) in [4.78, 5) is 14.8. The molecular formula is C18H21N3O. The van der Waals surface area contributed by atoms with E-state index in [9.17, 15) is 4.79 Å². The molecule has 1 atom stereocenters. The first-order valence-electron chi connectivity index (χ1n) is 7.70. The third-order valence-electron chi connectivity index (χ3n) is 3.94. The molecule has 0 radical (unpaired) electrons. The summed E-state index contributed by atoms with van der Waals surface area (Å²) < 4.78 is 0. The average molecular weight is 295 g/mol. The molecule has 2 N–H and O–H groups in total. The first-order chi connectivity index (χ1) is 10.8. The van der Waals surface area contributed by atoms with Crippen LogP contribution in [0, 0.1) is 0 Å². The lowest BCUT2D eigenvalue weighted by molar-refractivity contribution is 0.0826. The highest BCUT2D eigenvalue weighted by Crippen LogP contribution is 2.19. The summed E-state index contributed by atoms with van der Waals surface area (Å²) >= 11 is 0. The highest BCUT2D eigenvalue weighted by atomic mass is 16.1. The number of hydrogen-bond donors (Lipinski definition) is 2. The Kier molecular flexibility index (Phi) is 4.83. The van der Waals surface area contributed by atoms with Gasteiger partial charge in [-0.15, -0.1) is 0 Å². The molecular weight excluding hydrogens is 274 g/mol. The van der Waals surface area contributed by atoms with Gasteiger partial charge >= 0.3 is 0 Å². The van der Waals surface area contributed by atoms with E-state index in [1.54, 1.807) is 0 Å². The van der Waals surface area contributed by atoms with Gasteiger partial charge in [0.1, 0.15) is 6.17 Å². The third kappa shape index (κ3) is 3.53. The highest BCUT2D eigenvalue weighted by molar-refractivity contribution is 5.94. The van der Waals surface area contributed by atoms with E-state index >= 15 is 0 Å². The predicted octanol–water partition coefficient (Wildman–Crippen LogP) is 2.02. The van der Waals surface area contributed by atoms with E-state index in [1.807, 2.05) is 48.5 Å². The van der Waals surface area contributed by atoms with Crippen molar-refractivity contribution < 1.29 is 4.79 Å². The number of hydrogen-bond acceptors (Lipinski definition) is 3. The van der Waals surface area contributed by atoms with Crippen LogP contribution in [0.3, 0.4) is 0 Å². The summed E-state index contributed by atoms with van der Waals surface area (Å²) in [5.41, 5.74) is 1.81. The van der Waals surface area contributed by atoms with Gasteiger partial charge in [0.15, 0.2) is 0 Å². The largest absolute Gasteiger partial charge is 0.332 e. The van der Waals surface area contributed by atoms with Gasteiger partial charge < -0.3 is 10.6 Å². The third-order valence-corrected chi connectivity index (χ3v) is 3.94. The number of nitrogens with zero attached hydrogens (tertiary/aromatic N) is 1. The minimum absolute atomic E-state index is 0.0343.